The van der Waals surface area contributed by atoms with Crippen molar-refractivity contribution in [2.45, 2.75) is 6.92 Å². The summed E-state index contributed by atoms with van der Waals surface area (Å²) in [4.78, 5) is 13.3. The van der Waals surface area contributed by atoms with Gasteiger partial charge in [0.25, 0.3) is 0 Å². The third kappa shape index (κ3) is 4.50. The summed E-state index contributed by atoms with van der Waals surface area (Å²) in [5.41, 5.74) is 1.29. The van der Waals surface area contributed by atoms with Gasteiger partial charge in [-0.25, -0.2) is 4.39 Å². The molecule has 0 heterocycles. The zero-order chi connectivity index (χ0) is 12.8. The maximum atomic E-state index is 13.0. The Morgan fingerprint density at radius 2 is 2.24 bits per heavy atom. The monoisotopic (exact) mass is 240 g/mol. The first-order chi connectivity index (χ1) is 8.02. The van der Waals surface area contributed by atoms with Gasteiger partial charge in [0.1, 0.15) is 5.82 Å². The van der Waals surface area contributed by atoms with Gasteiger partial charge in [0.15, 0.2) is 0 Å². The Bertz CT molecular complexity index is 396. The zero-order valence-electron chi connectivity index (χ0n) is 10.0. The highest BCUT2D eigenvalue weighted by molar-refractivity contribution is 5.92. The van der Waals surface area contributed by atoms with Crippen LogP contribution < -0.4 is 5.32 Å². The van der Waals surface area contributed by atoms with Gasteiger partial charge in [0, 0.05) is 12.2 Å². The summed E-state index contributed by atoms with van der Waals surface area (Å²) < 4.78 is 13.0. The van der Waals surface area contributed by atoms with Gasteiger partial charge in [0.05, 0.1) is 13.2 Å². The molecule has 5 heteroatoms. The van der Waals surface area contributed by atoms with Crippen molar-refractivity contribution in [2.75, 3.05) is 32.1 Å². The summed E-state index contributed by atoms with van der Waals surface area (Å²) in [7, 11) is 1.73. The minimum atomic E-state index is -0.380. The second-order valence-corrected chi connectivity index (χ2v) is 3.97. The lowest BCUT2D eigenvalue weighted by molar-refractivity contribution is -0.117. The fraction of sp³-hybridized carbons (Fsp3) is 0.417. The fourth-order valence-corrected chi connectivity index (χ4v) is 1.41. The Kier molecular flexibility index (Phi) is 5.06. The van der Waals surface area contributed by atoms with Crippen molar-refractivity contribution in [2.24, 2.45) is 0 Å². The maximum absolute atomic E-state index is 13.0. The summed E-state index contributed by atoms with van der Waals surface area (Å²) in [6.07, 6.45) is 0. The van der Waals surface area contributed by atoms with Gasteiger partial charge in [-0.2, -0.15) is 0 Å². The topological polar surface area (TPSA) is 52.6 Å². The normalized spacial score (nSPS) is 10.6. The van der Waals surface area contributed by atoms with Crippen LogP contribution >= 0.6 is 0 Å². The Morgan fingerprint density at radius 3 is 2.88 bits per heavy atom. The molecule has 2 N–H and O–H groups in total. The molecule has 1 aromatic rings. The molecule has 0 fully saturated rings. The Balaban J connectivity index is 2.58. The second kappa shape index (κ2) is 6.32. The first-order valence-electron chi connectivity index (χ1n) is 5.38. The van der Waals surface area contributed by atoms with Crippen molar-refractivity contribution < 1.29 is 14.3 Å². The van der Waals surface area contributed by atoms with Crippen LogP contribution in [0.1, 0.15) is 5.56 Å². The standard InChI is InChI=1S/C12H17FN2O2/c1-9-3-4-10(13)7-11(9)14-12(17)8-15(2)5-6-16/h3-4,7,16H,5-6,8H2,1-2H3,(H,14,17). The summed E-state index contributed by atoms with van der Waals surface area (Å²) in [5.74, 6) is -0.607. The first-order valence-corrected chi connectivity index (χ1v) is 5.38. The molecule has 0 atom stereocenters. The first kappa shape index (κ1) is 13.6. The molecule has 0 saturated heterocycles. The molecule has 0 aliphatic rings. The van der Waals surface area contributed by atoms with Crippen molar-refractivity contribution in [3.05, 3.63) is 29.6 Å². The second-order valence-electron chi connectivity index (χ2n) is 3.97. The highest BCUT2D eigenvalue weighted by Crippen LogP contribution is 2.15. The van der Waals surface area contributed by atoms with E-state index in [0.29, 0.717) is 12.2 Å². The van der Waals surface area contributed by atoms with Crippen LogP contribution in [0.3, 0.4) is 0 Å². The molecule has 0 radical (unpaired) electrons. The lowest BCUT2D eigenvalue weighted by Gasteiger charge is -2.15. The van der Waals surface area contributed by atoms with Crippen molar-refractivity contribution in [1.29, 1.82) is 0 Å². The number of amides is 1. The van der Waals surface area contributed by atoms with Gasteiger partial charge in [-0.3, -0.25) is 9.69 Å². The summed E-state index contributed by atoms with van der Waals surface area (Å²) in [6, 6.07) is 4.25. The number of halogens is 1. The number of aliphatic hydroxyl groups is 1. The lowest BCUT2D eigenvalue weighted by atomic mass is 10.2. The molecular formula is C12H17FN2O2. The molecule has 0 spiro atoms. The molecule has 1 amide bonds. The Morgan fingerprint density at radius 1 is 1.53 bits per heavy atom. The molecular weight excluding hydrogens is 223 g/mol. The van der Waals surface area contributed by atoms with Crippen molar-refractivity contribution >= 4 is 11.6 Å². The van der Waals surface area contributed by atoms with Gasteiger partial charge < -0.3 is 10.4 Å². The van der Waals surface area contributed by atoms with Crippen LogP contribution in [0.15, 0.2) is 18.2 Å². The molecule has 94 valence electrons. The number of nitrogens with one attached hydrogen (secondary N) is 1. The minimum absolute atomic E-state index is 0.00275. The van der Waals surface area contributed by atoms with Crippen LogP contribution in [-0.4, -0.2) is 42.7 Å². The maximum Gasteiger partial charge on any atom is 0.238 e. The average molecular weight is 240 g/mol. The van der Waals surface area contributed by atoms with Gasteiger partial charge in [-0.1, -0.05) is 6.07 Å². The number of aryl methyl sites for hydroxylation is 1. The Hall–Kier alpha value is -1.46. The van der Waals surface area contributed by atoms with Crippen LogP contribution in [0.25, 0.3) is 0 Å². The van der Waals surface area contributed by atoms with Gasteiger partial charge >= 0.3 is 0 Å². The highest BCUT2D eigenvalue weighted by atomic mass is 19.1. The number of carbonyl (C=O) groups is 1. The van der Waals surface area contributed by atoms with E-state index in [-0.39, 0.29) is 24.9 Å². The van der Waals surface area contributed by atoms with Crippen LogP contribution in [0.2, 0.25) is 0 Å². The summed E-state index contributed by atoms with van der Waals surface area (Å²) in [6.45, 7) is 2.39. The van der Waals surface area contributed by atoms with E-state index in [4.69, 9.17) is 5.11 Å². The third-order valence-corrected chi connectivity index (χ3v) is 2.37. The smallest absolute Gasteiger partial charge is 0.238 e. The fourth-order valence-electron chi connectivity index (χ4n) is 1.41. The SMILES string of the molecule is Cc1ccc(F)cc1NC(=O)CN(C)CCO. The molecule has 0 aliphatic heterocycles. The molecule has 17 heavy (non-hydrogen) atoms. The number of hydrogen-bond acceptors (Lipinski definition) is 3. The molecule has 0 bridgehead atoms. The number of likely N-dealkylation sites (N-methyl/N-ethyl adjacent to an activating group) is 1. The molecule has 0 aromatic heterocycles. The van der Waals surface area contributed by atoms with E-state index in [9.17, 15) is 9.18 Å². The number of aliphatic hydroxyl groups excluding tert-OH is 1. The molecule has 1 rings (SSSR count). The predicted octanol–water partition coefficient (Wildman–Crippen LogP) is 0.997. The van der Waals surface area contributed by atoms with Gasteiger partial charge in [0.2, 0.25) is 5.91 Å². The predicted molar refractivity (Wildman–Crippen MR) is 64.3 cm³/mol. The average Bonchev–Trinajstić information content (AvgIpc) is 2.23. The van der Waals surface area contributed by atoms with Crippen LogP contribution in [-0.2, 0) is 4.79 Å². The van der Waals surface area contributed by atoms with Gasteiger partial charge in [-0.05, 0) is 31.7 Å². The van der Waals surface area contributed by atoms with E-state index < -0.39 is 0 Å². The number of nitrogens with zero attached hydrogens (tertiary/aromatic N) is 1. The number of rotatable bonds is 5. The van der Waals surface area contributed by atoms with Crippen LogP contribution in [0.4, 0.5) is 10.1 Å². The van der Waals surface area contributed by atoms with Crippen LogP contribution in [0.5, 0.6) is 0 Å². The van der Waals surface area contributed by atoms with Gasteiger partial charge in [-0.15, -0.1) is 0 Å². The van der Waals surface area contributed by atoms with E-state index in [1.165, 1.54) is 12.1 Å². The van der Waals surface area contributed by atoms with E-state index >= 15 is 0 Å². The number of anilines is 1. The molecule has 0 aliphatic carbocycles. The minimum Gasteiger partial charge on any atom is -0.395 e. The van der Waals surface area contributed by atoms with E-state index in [2.05, 4.69) is 5.32 Å². The Labute approximate surface area is 100 Å². The van der Waals surface area contributed by atoms with E-state index in [0.717, 1.165) is 5.56 Å². The molecule has 4 nitrogen and oxygen atoms in total. The summed E-state index contributed by atoms with van der Waals surface area (Å²) in [5, 5.41) is 11.3. The number of benzene rings is 1. The lowest BCUT2D eigenvalue weighted by Crippen LogP contribution is -2.32. The van der Waals surface area contributed by atoms with E-state index in [1.807, 2.05) is 0 Å². The largest absolute Gasteiger partial charge is 0.395 e. The third-order valence-electron chi connectivity index (χ3n) is 2.37. The molecule has 0 unspecified atom stereocenters. The van der Waals surface area contributed by atoms with Crippen molar-refractivity contribution in [3.8, 4) is 0 Å². The zero-order valence-corrected chi connectivity index (χ0v) is 10.0. The molecule has 0 saturated carbocycles. The number of hydrogen-bond donors (Lipinski definition) is 2. The van der Waals surface area contributed by atoms with Crippen LogP contribution in [0, 0.1) is 12.7 Å². The quantitative estimate of drug-likeness (QED) is 0.807. The molecule has 1 aromatic carbocycles. The highest BCUT2D eigenvalue weighted by Gasteiger charge is 2.08. The summed E-state index contributed by atoms with van der Waals surface area (Å²) >= 11 is 0. The number of carbonyl (C=O) groups excluding carboxylic acids is 1. The van der Waals surface area contributed by atoms with Crippen molar-refractivity contribution in [3.63, 3.8) is 0 Å². The van der Waals surface area contributed by atoms with E-state index in [1.54, 1.807) is 24.9 Å². The van der Waals surface area contributed by atoms with Crippen molar-refractivity contribution in [1.82, 2.24) is 4.90 Å².